The second-order valence-corrected chi connectivity index (χ2v) is 5.64. The molecule has 128 valence electrons. The van der Waals surface area contributed by atoms with Crippen LogP contribution in [0.15, 0.2) is 18.2 Å². The lowest BCUT2D eigenvalue weighted by Gasteiger charge is -2.33. The lowest BCUT2D eigenvalue weighted by molar-refractivity contribution is -0.116. The van der Waals surface area contributed by atoms with Crippen molar-refractivity contribution in [2.75, 3.05) is 51.4 Å². The van der Waals surface area contributed by atoms with E-state index in [1.54, 1.807) is 6.07 Å². The molecule has 0 aliphatic carbocycles. The third-order valence-corrected chi connectivity index (χ3v) is 4.22. The molecule has 1 aromatic carbocycles. The lowest BCUT2D eigenvalue weighted by atomic mass is 10.2. The Labute approximate surface area is 143 Å². The average Bonchev–Trinajstić information content (AvgIpc) is 3.01. The van der Waals surface area contributed by atoms with Crippen LogP contribution in [0.4, 0.5) is 5.69 Å². The van der Waals surface area contributed by atoms with Crippen LogP contribution >= 0.6 is 12.4 Å². The first kappa shape index (κ1) is 17.8. The number of piperazine rings is 1. The topological polar surface area (TPSA) is 54.0 Å². The standard InChI is InChI=1S/C16H23N3O3.ClH/c1-2-18-7-9-19(10-8-18)6-5-16(20)17-13-3-4-14-15(11-13)22-12-21-14;/h3-4,11H,2,5-10,12H2,1H3,(H,17,20);1H. The summed E-state index contributed by atoms with van der Waals surface area (Å²) in [5.74, 6) is 1.46. The Hall–Kier alpha value is -1.50. The second kappa shape index (κ2) is 8.38. The van der Waals surface area contributed by atoms with Crippen LogP contribution in [0.25, 0.3) is 0 Å². The lowest BCUT2D eigenvalue weighted by Crippen LogP contribution is -2.46. The fourth-order valence-corrected chi connectivity index (χ4v) is 2.79. The minimum absolute atomic E-state index is 0. The van der Waals surface area contributed by atoms with Crippen LogP contribution in [-0.2, 0) is 4.79 Å². The van der Waals surface area contributed by atoms with Crippen LogP contribution in [0, 0.1) is 0 Å². The van der Waals surface area contributed by atoms with Gasteiger partial charge in [-0.2, -0.15) is 0 Å². The first-order valence-corrected chi connectivity index (χ1v) is 7.89. The number of nitrogens with one attached hydrogen (secondary N) is 1. The molecule has 1 saturated heterocycles. The summed E-state index contributed by atoms with van der Waals surface area (Å²) in [4.78, 5) is 16.8. The number of hydrogen-bond acceptors (Lipinski definition) is 5. The van der Waals surface area contributed by atoms with E-state index < -0.39 is 0 Å². The molecule has 2 aliphatic rings. The fraction of sp³-hybridized carbons (Fsp3) is 0.562. The van der Waals surface area contributed by atoms with Crippen molar-refractivity contribution in [1.82, 2.24) is 9.80 Å². The molecule has 1 amide bonds. The van der Waals surface area contributed by atoms with Gasteiger partial charge in [0.15, 0.2) is 11.5 Å². The molecule has 1 fully saturated rings. The van der Waals surface area contributed by atoms with Gasteiger partial charge >= 0.3 is 0 Å². The number of likely N-dealkylation sites (N-methyl/N-ethyl adjacent to an activating group) is 1. The zero-order valence-corrected chi connectivity index (χ0v) is 14.2. The van der Waals surface area contributed by atoms with Gasteiger partial charge in [0.25, 0.3) is 0 Å². The quantitative estimate of drug-likeness (QED) is 0.885. The third kappa shape index (κ3) is 4.73. The van der Waals surface area contributed by atoms with Crippen LogP contribution in [0.5, 0.6) is 11.5 Å². The van der Waals surface area contributed by atoms with Crippen molar-refractivity contribution < 1.29 is 14.3 Å². The third-order valence-electron chi connectivity index (χ3n) is 4.22. The number of ether oxygens (including phenoxy) is 2. The molecule has 23 heavy (non-hydrogen) atoms. The van der Waals surface area contributed by atoms with E-state index in [4.69, 9.17) is 9.47 Å². The van der Waals surface area contributed by atoms with Crippen molar-refractivity contribution >= 4 is 24.0 Å². The molecular formula is C16H24ClN3O3. The number of benzene rings is 1. The summed E-state index contributed by atoms with van der Waals surface area (Å²) in [5.41, 5.74) is 0.755. The van der Waals surface area contributed by atoms with E-state index in [9.17, 15) is 4.79 Å². The molecule has 3 rings (SSSR count). The SMILES string of the molecule is CCN1CCN(CCC(=O)Nc2ccc3c(c2)OCO3)CC1.Cl. The molecule has 2 heterocycles. The molecule has 0 radical (unpaired) electrons. The van der Waals surface area contributed by atoms with Crippen molar-refractivity contribution in [1.29, 1.82) is 0 Å². The number of carbonyl (C=O) groups is 1. The summed E-state index contributed by atoms with van der Waals surface area (Å²) < 4.78 is 10.6. The highest BCUT2D eigenvalue weighted by Crippen LogP contribution is 2.34. The molecule has 6 nitrogen and oxygen atoms in total. The molecule has 0 atom stereocenters. The summed E-state index contributed by atoms with van der Waals surface area (Å²) in [5, 5.41) is 2.92. The highest BCUT2D eigenvalue weighted by atomic mass is 35.5. The second-order valence-electron chi connectivity index (χ2n) is 5.64. The summed E-state index contributed by atoms with van der Waals surface area (Å²) in [6, 6.07) is 5.47. The number of rotatable bonds is 5. The maximum Gasteiger partial charge on any atom is 0.231 e. The van der Waals surface area contributed by atoms with E-state index in [-0.39, 0.29) is 25.1 Å². The van der Waals surface area contributed by atoms with Gasteiger partial charge < -0.3 is 24.6 Å². The predicted octanol–water partition coefficient (Wildman–Crippen LogP) is 1.80. The number of halogens is 1. The highest BCUT2D eigenvalue weighted by Gasteiger charge is 2.17. The van der Waals surface area contributed by atoms with Crippen molar-refractivity contribution in [2.24, 2.45) is 0 Å². The van der Waals surface area contributed by atoms with Crippen molar-refractivity contribution in [2.45, 2.75) is 13.3 Å². The molecule has 0 saturated carbocycles. The number of anilines is 1. The van der Waals surface area contributed by atoms with E-state index >= 15 is 0 Å². The molecule has 0 unspecified atom stereocenters. The van der Waals surface area contributed by atoms with E-state index in [1.165, 1.54) is 0 Å². The van der Waals surface area contributed by atoms with Gasteiger partial charge in [-0.05, 0) is 18.7 Å². The normalized spacial score (nSPS) is 17.6. The largest absolute Gasteiger partial charge is 0.454 e. The Morgan fingerprint density at radius 2 is 1.83 bits per heavy atom. The molecule has 1 aromatic rings. The number of hydrogen-bond donors (Lipinski definition) is 1. The number of fused-ring (bicyclic) bond motifs is 1. The fourth-order valence-electron chi connectivity index (χ4n) is 2.79. The van der Waals surface area contributed by atoms with Gasteiger partial charge in [0.2, 0.25) is 12.7 Å². The van der Waals surface area contributed by atoms with E-state index in [0.29, 0.717) is 12.2 Å². The van der Waals surface area contributed by atoms with Crippen molar-refractivity contribution in [3.8, 4) is 11.5 Å². The summed E-state index contributed by atoms with van der Waals surface area (Å²) in [6.45, 7) is 8.65. The molecule has 2 aliphatic heterocycles. The molecular weight excluding hydrogens is 318 g/mol. The monoisotopic (exact) mass is 341 g/mol. The average molecular weight is 342 g/mol. The first-order chi connectivity index (χ1) is 10.7. The molecule has 7 heteroatoms. The Kier molecular flexibility index (Phi) is 6.50. The Bertz CT molecular complexity index is 533. The van der Waals surface area contributed by atoms with Gasteiger partial charge in [0, 0.05) is 50.9 Å². The zero-order valence-electron chi connectivity index (χ0n) is 13.4. The Morgan fingerprint density at radius 1 is 1.13 bits per heavy atom. The smallest absolute Gasteiger partial charge is 0.231 e. The van der Waals surface area contributed by atoms with Gasteiger partial charge in [-0.3, -0.25) is 4.79 Å². The van der Waals surface area contributed by atoms with Gasteiger partial charge in [0.05, 0.1) is 0 Å². The highest BCUT2D eigenvalue weighted by molar-refractivity contribution is 5.91. The zero-order chi connectivity index (χ0) is 15.4. The van der Waals surface area contributed by atoms with Gasteiger partial charge in [-0.25, -0.2) is 0 Å². The number of amides is 1. The van der Waals surface area contributed by atoms with E-state index in [1.807, 2.05) is 12.1 Å². The van der Waals surface area contributed by atoms with Crippen LogP contribution in [0.1, 0.15) is 13.3 Å². The first-order valence-electron chi connectivity index (χ1n) is 7.89. The van der Waals surface area contributed by atoms with Crippen molar-refractivity contribution in [3.63, 3.8) is 0 Å². The van der Waals surface area contributed by atoms with Crippen LogP contribution < -0.4 is 14.8 Å². The maximum absolute atomic E-state index is 12.1. The summed E-state index contributed by atoms with van der Waals surface area (Å²) >= 11 is 0. The summed E-state index contributed by atoms with van der Waals surface area (Å²) in [6.07, 6.45) is 0.514. The molecule has 1 N–H and O–H groups in total. The van der Waals surface area contributed by atoms with E-state index in [2.05, 4.69) is 22.0 Å². The van der Waals surface area contributed by atoms with Gasteiger partial charge in [0.1, 0.15) is 0 Å². The number of carbonyl (C=O) groups excluding carboxylic acids is 1. The van der Waals surface area contributed by atoms with Crippen LogP contribution in [-0.4, -0.2) is 61.8 Å². The molecule has 0 spiro atoms. The van der Waals surface area contributed by atoms with Crippen LogP contribution in [0.2, 0.25) is 0 Å². The summed E-state index contributed by atoms with van der Waals surface area (Å²) in [7, 11) is 0. The minimum Gasteiger partial charge on any atom is -0.454 e. The predicted molar refractivity (Wildman–Crippen MR) is 91.6 cm³/mol. The molecule has 0 aromatic heterocycles. The minimum atomic E-state index is 0. The Balaban J connectivity index is 0.00000192. The van der Waals surface area contributed by atoms with Crippen molar-refractivity contribution in [3.05, 3.63) is 18.2 Å². The maximum atomic E-state index is 12.1. The Morgan fingerprint density at radius 3 is 2.57 bits per heavy atom. The van der Waals surface area contributed by atoms with Crippen LogP contribution in [0.3, 0.4) is 0 Å². The van der Waals surface area contributed by atoms with Gasteiger partial charge in [-0.1, -0.05) is 6.92 Å². The van der Waals surface area contributed by atoms with Gasteiger partial charge in [-0.15, -0.1) is 12.4 Å². The van der Waals surface area contributed by atoms with E-state index in [0.717, 1.165) is 50.7 Å². The molecule has 0 bridgehead atoms. The number of nitrogens with zero attached hydrogens (tertiary/aromatic N) is 2.